The van der Waals surface area contributed by atoms with Gasteiger partial charge in [-0.3, -0.25) is 0 Å². The molecule has 0 bridgehead atoms. The van der Waals surface area contributed by atoms with E-state index in [-0.39, 0.29) is 0 Å². The molecule has 3 rings (SSSR count). The Bertz CT molecular complexity index is 837. The van der Waals surface area contributed by atoms with Crippen molar-refractivity contribution in [1.82, 2.24) is 0 Å². The summed E-state index contributed by atoms with van der Waals surface area (Å²) < 4.78 is 6.06. The van der Waals surface area contributed by atoms with E-state index in [9.17, 15) is 0 Å². The van der Waals surface area contributed by atoms with Gasteiger partial charge in [0.15, 0.2) is 6.73 Å². The van der Waals surface area contributed by atoms with Crippen molar-refractivity contribution in [3.63, 3.8) is 0 Å². The zero-order valence-electron chi connectivity index (χ0n) is 18.8. The Kier molecular flexibility index (Phi) is 10.0. The quantitative estimate of drug-likeness (QED) is 0.243. The summed E-state index contributed by atoms with van der Waals surface area (Å²) in [6, 6.07) is 17.3. The first-order valence-corrected chi connectivity index (χ1v) is 11.8. The molecule has 0 spiro atoms. The number of allylic oxidation sites excluding steroid dienone is 5. The number of hydrogen-bond acceptors (Lipinski definition) is 2. The van der Waals surface area contributed by atoms with E-state index in [0.717, 1.165) is 31.6 Å². The van der Waals surface area contributed by atoms with E-state index < -0.39 is 0 Å². The van der Waals surface area contributed by atoms with Crippen molar-refractivity contribution in [1.29, 1.82) is 0 Å². The van der Waals surface area contributed by atoms with Crippen molar-refractivity contribution in [2.75, 3.05) is 11.6 Å². The number of hydrogen-bond donors (Lipinski definition) is 0. The van der Waals surface area contributed by atoms with Gasteiger partial charge in [0.1, 0.15) is 5.75 Å². The van der Waals surface area contributed by atoms with Crippen LogP contribution in [0, 0.1) is 0 Å². The molecule has 1 heterocycles. The molecule has 164 valence electrons. The van der Waals surface area contributed by atoms with Crippen LogP contribution in [0.2, 0.25) is 0 Å². The molecule has 0 atom stereocenters. The topological polar surface area (TPSA) is 12.5 Å². The van der Waals surface area contributed by atoms with Crippen molar-refractivity contribution in [3.05, 3.63) is 96.6 Å². The minimum atomic E-state index is 0.625. The molecule has 2 nitrogen and oxygen atoms in total. The van der Waals surface area contributed by atoms with Crippen LogP contribution in [-0.2, 0) is 13.0 Å². The second-order valence-corrected chi connectivity index (χ2v) is 8.26. The van der Waals surface area contributed by atoms with E-state index in [1.807, 2.05) is 6.08 Å². The molecule has 2 aromatic rings. The summed E-state index contributed by atoms with van der Waals surface area (Å²) in [5.74, 6) is 1.07. The van der Waals surface area contributed by atoms with Gasteiger partial charge in [-0.05, 0) is 62.3 Å². The number of unbranched alkanes of at least 4 members (excludes halogenated alkanes) is 5. The Morgan fingerprint density at radius 2 is 1.61 bits per heavy atom. The number of ether oxygens (including phenoxy) is 1. The number of rotatable bonds is 13. The third-order valence-electron chi connectivity index (χ3n) is 5.73. The van der Waals surface area contributed by atoms with Gasteiger partial charge in [-0.1, -0.05) is 80.0 Å². The molecule has 1 aliphatic rings. The lowest BCUT2D eigenvalue weighted by atomic mass is 10.0. The molecule has 2 heteroatoms. The van der Waals surface area contributed by atoms with Crippen LogP contribution in [0.5, 0.6) is 5.75 Å². The maximum atomic E-state index is 6.06. The molecule has 0 N–H and O–H groups in total. The van der Waals surface area contributed by atoms with Crippen molar-refractivity contribution in [3.8, 4) is 5.75 Å². The SMILES string of the molecule is C=CC/C=C\C/C=C\CCCCCCCc1ccc2c(c1)OCN(c1ccccc1)C2. The highest BCUT2D eigenvalue weighted by molar-refractivity contribution is 5.50. The van der Waals surface area contributed by atoms with Crippen molar-refractivity contribution >= 4 is 5.69 Å². The van der Waals surface area contributed by atoms with Crippen LogP contribution in [0.1, 0.15) is 62.5 Å². The van der Waals surface area contributed by atoms with Gasteiger partial charge in [0, 0.05) is 17.8 Å². The molecule has 0 aliphatic carbocycles. The Balaban J connectivity index is 1.28. The maximum absolute atomic E-state index is 6.06. The van der Waals surface area contributed by atoms with E-state index in [4.69, 9.17) is 4.74 Å². The molecule has 0 unspecified atom stereocenters. The summed E-state index contributed by atoms with van der Waals surface area (Å²) in [4.78, 5) is 2.27. The van der Waals surface area contributed by atoms with Gasteiger partial charge >= 0.3 is 0 Å². The number of nitrogens with zero attached hydrogens (tertiary/aromatic N) is 1. The zero-order chi connectivity index (χ0) is 21.6. The largest absolute Gasteiger partial charge is 0.473 e. The first kappa shape index (κ1) is 22.9. The van der Waals surface area contributed by atoms with Crippen LogP contribution in [0.3, 0.4) is 0 Å². The smallest absolute Gasteiger partial charge is 0.161 e. The average Bonchev–Trinajstić information content (AvgIpc) is 2.82. The Morgan fingerprint density at radius 3 is 2.48 bits per heavy atom. The highest BCUT2D eigenvalue weighted by Gasteiger charge is 2.17. The molecule has 0 saturated heterocycles. The average molecular weight is 416 g/mol. The molecular weight excluding hydrogens is 378 g/mol. The summed E-state index contributed by atoms with van der Waals surface area (Å²) in [6.07, 6.45) is 21.8. The third-order valence-corrected chi connectivity index (χ3v) is 5.73. The van der Waals surface area contributed by atoms with Crippen molar-refractivity contribution in [2.24, 2.45) is 0 Å². The van der Waals surface area contributed by atoms with Crippen LogP contribution >= 0.6 is 0 Å². The van der Waals surface area contributed by atoms with Gasteiger partial charge < -0.3 is 9.64 Å². The van der Waals surface area contributed by atoms with Gasteiger partial charge in [0.05, 0.1) is 0 Å². The Labute approximate surface area is 188 Å². The van der Waals surface area contributed by atoms with Gasteiger partial charge in [0.2, 0.25) is 0 Å². The molecule has 0 saturated carbocycles. The molecule has 31 heavy (non-hydrogen) atoms. The lowest BCUT2D eigenvalue weighted by Crippen LogP contribution is -2.31. The minimum absolute atomic E-state index is 0.625. The summed E-state index contributed by atoms with van der Waals surface area (Å²) in [7, 11) is 0. The number of fused-ring (bicyclic) bond motifs is 1. The third kappa shape index (κ3) is 8.13. The number of benzene rings is 2. The van der Waals surface area contributed by atoms with Gasteiger partial charge in [-0.2, -0.15) is 0 Å². The molecule has 1 aliphatic heterocycles. The van der Waals surface area contributed by atoms with E-state index in [2.05, 4.69) is 84.3 Å². The van der Waals surface area contributed by atoms with Gasteiger partial charge in [-0.25, -0.2) is 0 Å². The molecule has 0 radical (unpaired) electrons. The van der Waals surface area contributed by atoms with Crippen LogP contribution in [-0.4, -0.2) is 6.73 Å². The second-order valence-electron chi connectivity index (χ2n) is 8.26. The normalized spacial score (nSPS) is 13.5. The van der Waals surface area contributed by atoms with Crippen molar-refractivity contribution in [2.45, 2.75) is 64.3 Å². The highest BCUT2D eigenvalue weighted by Crippen LogP contribution is 2.29. The first-order chi connectivity index (χ1) is 15.4. The van der Waals surface area contributed by atoms with Crippen LogP contribution in [0.4, 0.5) is 5.69 Å². The second kappa shape index (κ2) is 13.5. The van der Waals surface area contributed by atoms with E-state index >= 15 is 0 Å². The van der Waals surface area contributed by atoms with E-state index in [1.54, 1.807) is 0 Å². The highest BCUT2D eigenvalue weighted by atomic mass is 16.5. The molecule has 2 aromatic carbocycles. The molecule has 0 aromatic heterocycles. The first-order valence-electron chi connectivity index (χ1n) is 11.8. The lowest BCUT2D eigenvalue weighted by Gasteiger charge is -2.31. The van der Waals surface area contributed by atoms with Crippen LogP contribution < -0.4 is 9.64 Å². The lowest BCUT2D eigenvalue weighted by molar-refractivity contribution is 0.289. The number of anilines is 1. The van der Waals surface area contributed by atoms with E-state index in [1.165, 1.54) is 55.3 Å². The van der Waals surface area contributed by atoms with Crippen molar-refractivity contribution < 1.29 is 4.74 Å². The predicted octanol–water partition coefficient (Wildman–Crippen LogP) is 8.00. The summed E-state index contributed by atoms with van der Waals surface area (Å²) in [6.45, 7) is 5.26. The summed E-state index contributed by atoms with van der Waals surface area (Å²) in [5.41, 5.74) is 3.90. The monoisotopic (exact) mass is 415 g/mol. The Hall–Kier alpha value is -2.74. The maximum Gasteiger partial charge on any atom is 0.161 e. The fourth-order valence-corrected chi connectivity index (χ4v) is 3.93. The molecule has 0 amide bonds. The fourth-order valence-electron chi connectivity index (χ4n) is 3.93. The summed E-state index contributed by atoms with van der Waals surface area (Å²) >= 11 is 0. The standard InChI is InChI=1S/C29H37NO/c1-2-3-4-5-6-7-8-9-10-11-12-13-15-18-26-21-22-27-24-30(25-31-29(27)23-26)28-19-16-14-17-20-28/h2,4-5,7-8,14,16-17,19-23H,1,3,6,9-13,15,18,24-25H2/b5-4-,8-7-. The molecule has 0 fully saturated rings. The fraction of sp³-hybridized carbons (Fsp3) is 0.379. The predicted molar refractivity (Wildman–Crippen MR) is 134 cm³/mol. The van der Waals surface area contributed by atoms with Gasteiger partial charge in [-0.15, -0.1) is 6.58 Å². The zero-order valence-corrected chi connectivity index (χ0v) is 18.8. The summed E-state index contributed by atoms with van der Waals surface area (Å²) in [5, 5.41) is 0. The van der Waals surface area contributed by atoms with Crippen LogP contribution in [0.25, 0.3) is 0 Å². The number of para-hydroxylation sites is 1. The van der Waals surface area contributed by atoms with E-state index in [0.29, 0.717) is 6.73 Å². The molecular formula is C29H37NO. The minimum Gasteiger partial charge on any atom is -0.473 e. The van der Waals surface area contributed by atoms with Gasteiger partial charge in [0.25, 0.3) is 0 Å². The Morgan fingerprint density at radius 1 is 0.839 bits per heavy atom. The number of aryl methyl sites for hydroxylation is 1. The van der Waals surface area contributed by atoms with Crippen LogP contribution in [0.15, 0.2) is 85.5 Å².